The van der Waals surface area contributed by atoms with Crippen molar-refractivity contribution in [1.29, 1.82) is 0 Å². The maximum atomic E-state index is 12.4. The van der Waals surface area contributed by atoms with Crippen molar-refractivity contribution < 1.29 is 33.5 Å². The molecule has 7 unspecified atom stereocenters. The number of nitrogens with zero attached hydrogens (tertiary/aromatic N) is 1. The first kappa shape index (κ1) is 27.4. The third-order valence-electron chi connectivity index (χ3n) is 6.02. The average Bonchev–Trinajstić information content (AvgIpc) is 3.29. The second kappa shape index (κ2) is 9.91. The first-order valence-corrected chi connectivity index (χ1v) is 14.0. The molecule has 0 bridgehead atoms. The summed E-state index contributed by atoms with van der Waals surface area (Å²) in [7, 11) is 0. The van der Waals surface area contributed by atoms with Gasteiger partial charge in [-0.1, -0.05) is 30.9 Å². The van der Waals surface area contributed by atoms with Gasteiger partial charge in [0.1, 0.15) is 24.0 Å². The van der Waals surface area contributed by atoms with Gasteiger partial charge < -0.3 is 24.2 Å². The topological polar surface area (TPSA) is 161 Å². The molecule has 0 amide bonds. The van der Waals surface area contributed by atoms with E-state index in [0.717, 1.165) is 22.9 Å². The first-order valence-electron chi connectivity index (χ1n) is 11.4. The van der Waals surface area contributed by atoms with Crippen LogP contribution in [0.2, 0.25) is 0 Å². The Bertz CT molecular complexity index is 1350. The van der Waals surface area contributed by atoms with Gasteiger partial charge in [0.05, 0.1) is 6.10 Å². The van der Waals surface area contributed by atoms with E-state index < -0.39 is 59.5 Å². The normalized spacial score (nSPS) is 30.7. The number of carbonyl (C=O) groups excluding carboxylic acids is 1. The number of hydrogen-bond acceptors (Lipinski definition) is 10. The van der Waals surface area contributed by atoms with Crippen molar-refractivity contribution in [2.24, 2.45) is 0 Å². The highest BCUT2D eigenvalue weighted by atomic mass is 32.5. The zero-order valence-electron chi connectivity index (χ0n) is 20.3. The molecule has 0 radical (unpaired) electrons. The van der Waals surface area contributed by atoms with E-state index in [4.69, 9.17) is 30.3 Å². The zero-order chi connectivity index (χ0) is 27.2. The molecule has 1 aliphatic heterocycles. The Balaban J connectivity index is 1.61. The average molecular weight is 554 g/mol. The third kappa shape index (κ3) is 4.96. The number of H-pyrrole nitrogens is 1. The van der Waals surface area contributed by atoms with E-state index in [0.29, 0.717) is 5.75 Å². The Morgan fingerprint density at radius 1 is 1.27 bits per heavy atom. The molecule has 1 aliphatic carbocycles. The van der Waals surface area contributed by atoms with Crippen LogP contribution in [0, 0.1) is 0 Å². The first-order chi connectivity index (χ1) is 17.3. The molecular weight excluding hydrogens is 525 g/mol. The van der Waals surface area contributed by atoms with Gasteiger partial charge in [-0.15, -0.1) is 0 Å². The molecule has 1 aromatic carbocycles. The SMILES string of the molecule is C=CC1(O)C(n2ccc(=O)[nH]c2=O)OC2C(OP(=S)(NC(C)C(=O)OC(C)C)Oc3ccccc3)C21O. The fraction of sp³-hybridized carbons (Fsp3) is 0.435. The smallest absolute Gasteiger partial charge is 0.330 e. The van der Waals surface area contributed by atoms with Crippen molar-refractivity contribution in [2.45, 2.75) is 62.6 Å². The summed E-state index contributed by atoms with van der Waals surface area (Å²) in [6.07, 6.45) is -1.95. The van der Waals surface area contributed by atoms with E-state index in [2.05, 4.69) is 16.7 Å². The molecule has 1 saturated heterocycles. The van der Waals surface area contributed by atoms with Crippen LogP contribution in [0.25, 0.3) is 0 Å². The number of hydrogen-bond donors (Lipinski definition) is 4. The molecule has 1 aromatic heterocycles. The highest BCUT2D eigenvalue weighted by Gasteiger charge is 2.84. The number of benzene rings is 1. The van der Waals surface area contributed by atoms with Crippen LogP contribution >= 0.6 is 6.64 Å². The Morgan fingerprint density at radius 2 is 1.95 bits per heavy atom. The largest absolute Gasteiger partial charge is 0.462 e. The lowest BCUT2D eigenvalue weighted by Gasteiger charge is -2.35. The zero-order valence-corrected chi connectivity index (χ0v) is 22.0. The summed E-state index contributed by atoms with van der Waals surface area (Å²) < 4.78 is 24.0. The molecule has 2 heterocycles. The molecule has 200 valence electrons. The molecule has 2 fully saturated rings. The van der Waals surface area contributed by atoms with Crippen LogP contribution in [0.5, 0.6) is 5.75 Å². The molecule has 12 nitrogen and oxygen atoms in total. The maximum absolute atomic E-state index is 12.4. The molecule has 4 rings (SSSR count). The van der Waals surface area contributed by atoms with E-state index in [9.17, 15) is 24.6 Å². The van der Waals surface area contributed by atoms with Gasteiger partial charge in [-0.3, -0.25) is 23.7 Å². The number of aromatic amines is 1. The van der Waals surface area contributed by atoms with Crippen LogP contribution in [0.1, 0.15) is 27.0 Å². The van der Waals surface area contributed by atoms with Crippen LogP contribution in [0.3, 0.4) is 0 Å². The van der Waals surface area contributed by atoms with Gasteiger partial charge >= 0.3 is 18.3 Å². The van der Waals surface area contributed by atoms with Crippen molar-refractivity contribution in [2.75, 3.05) is 0 Å². The standard InChI is InChI=1S/C23H28N3O9PS/c1-5-22(30)20(26-12-11-16(27)24-21(26)29)33-17-18(23(17,22)31)35-36(37,34-15-9-7-6-8-10-15)25-14(4)19(28)32-13(2)3/h5-14,17-18,20,30-31H,1H2,2-4H3,(H,25,37)(H,24,27,29). The van der Waals surface area contributed by atoms with Crippen LogP contribution in [0.15, 0.2) is 64.8 Å². The Morgan fingerprint density at radius 3 is 2.54 bits per heavy atom. The molecule has 1 saturated carbocycles. The third-order valence-corrected chi connectivity index (χ3v) is 8.48. The van der Waals surface area contributed by atoms with E-state index in [-0.39, 0.29) is 6.10 Å². The van der Waals surface area contributed by atoms with Crippen molar-refractivity contribution in [1.82, 2.24) is 14.6 Å². The minimum Gasteiger partial charge on any atom is -0.462 e. The van der Waals surface area contributed by atoms with Gasteiger partial charge in [0.15, 0.2) is 17.4 Å². The number of rotatable bonds is 10. The second-order valence-corrected chi connectivity index (χ2v) is 12.1. The van der Waals surface area contributed by atoms with E-state index in [1.165, 1.54) is 6.92 Å². The second-order valence-electron chi connectivity index (χ2n) is 9.05. The molecular formula is C23H28N3O9PS. The van der Waals surface area contributed by atoms with Gasteiger partial charge in [0, 0.05) is 12.3 Å². The van der Waals surface area contributed by atoms with Crippen LogP contribution < -0.4 is 20.9 Å². The molecule has 7 atom stereocenters. The summed E-state index contributed by atoms with van der Waals surface area (Å²) in [4.78, 5) is 38.3. The van der Waals surface area contributed by atoms with Gasteiger partial charge in [-0.05, 0) is 44.7 Å². The molecule has 2 aromatic rings. The van der Waals surface area contributed by atoms with Crippen molar-refractivity contribution in [3.05, 3.63) is 76.1 Å². The van der Waals surface area contributed by atoms with Gasteiger partial charge in [-0.2, -0.15) is 0 Å². The molecule has 14 heteroatoms. The number of aromatic nitrogens is 2. The molecule has 2 aliphatic rings. The number of fused-ring (bicyclic) bond motifs is 1. The number of aliphatic hydroxyl groups is 2. The van der Waals surface area contributed by atoms with Gasteiger partial charge in [0.25, 0.3) is 5.56 Å². The Hall–Kier alpha value is -2.64. The van der Waals surface area contributed by atoms with E-state index in [1.807, 2.05) is 0 Å². The summed E-state index contributed by atoms with van der Waals surface area (Å²) in [5.41, 5.74) is -5.76. The van der Waals surface area contributed by atoms with Crippen LogP contribution in [0.4, 0.5) is 0 Å². The lowest BCUT2D eigenvalue weighted by molar-refractivity contribution is -0.149. The predicted molar refractivity (Wildman–Crippen MR) is 135 cm³/mol. The minimum atomic E-state index is -3.58. The summed E-state index contributed by atoms with van der Waals surface area (Å²) in [6.45, 7) is 4.96. The number of carbonyl (C=O) groups is 1. The summed E-state index contributed by atoms with van der Waals surface area (Å²) in [5.74, 6) is -0.242. The Kier molecular flexibility index (Phi) is 7.34. The molecule has 4 N–H and O–H groups in total. The predicted octanol–water partition coefficient (Wildman–Crippen LogP) is 0.714. The highest BCUT2D eigenvalue weighted by Crippen LogP contribution is 2.65. The van der Waals surface area contributed by atoms with Gasteiger partial charge in [0.2, 0.25) is 0 Å². The fourth-order valence-electron chi connectivity index (χ4n) is 4.15. The molecule has 0 spiro atoms. The fourth-order valence-corrected chi connectivity index (χ4v) is 6.86. The summed E-state index contributed by atoms with van der Waals surface area (Å²) >= 11 is 5.68. The van der Waals surface area contributed by atoms with Crippen molar-refractivity contribution in [3.63, 3.8) is 0 Å². The van der Waals surface area contributed by atoms with Crippen molar-refractivity contribution in [3.8, 4) is 5.75 Å². The number of para-hydroxylation sites is 1. The minimum absolute atomic E-state index is 0.345. The lowest BCUT2D eigenvalue weighted by Crippen LogP contribution is -2.52. The number of esters is 1. The maximum Gasteiger partial charge on any atom is 0.330 e. The van der Waals surface area contributed by atoms with E-state index in [1.54, 1.807) is 44.2 Å². The summed E-state index contributed by atoms with van der Waals surface area (Å²) in [6, 6.07) is 8.64. The number of ether oxygens (including phenoxy) is 2. The monoisotopic (exact) mass is 553 g/mol. The molecule has 37 heavy (non-hydrogen) atoms. The van der Waals surface area contributed by atoms with Crippen LogP contribution in [-0.2, 0) is 30.6 Å². The Labute approximate surface area is 217 Å². The van der Waals surface area contributed by atoms with Crippen LogP contribution in [-0.4, -0.2) is 61.3 Å². The number of nitrogens with one attached hydrogen (secondary N) is 2. The van der Waals surface area contributed by atoms with E-state index >= 15 is 0 Å². The highest BCUT2D eigenvalue weighted by molar-refractivity contribution is 8.09. The van der Waals surface area contributed by atoms with Crippen molar-refractivity contribution >= 4 is 24.4 Å². The van der Waals surface area contributed by atoms with Gasteiger partial charge in [-0.25, -0.2) is 9.88 Å². The lowest BCUT2D eigenvalue weighted by atomic mass is 9.93. The summed E-state index contributed by atoms with van der Waals surface area (Å²) in [5, 5.41) is 25.7. The quantitative estimate of drug-likeness (QED) is 0.186.